The molecule has 160 valence electrons. The van der Waals surface area contributed by atoms with Crippen LogP contribution in [0.3, 0.4) is 0 Å². The smallest absolute Gasteiger partial charge is 0.338 e. The maximum atomic E-state index is 13.5. The zero-order chi connectivity index (χ0) is 22.4. The van der Waals surface area contributed by atoms with Crippen LogP contribution >= 0.6 is 23.2 Å². The maximum Gasteiger partial charge on any atom is 0.338 e. The summed E-state index contributed by atoms with van der Waals surface area (Å²) in [7, 11) is 1.54. The number of ether oxygens (including phenoxy) is 2. The maximum absolute atomic E-state index is 13.5. The number of nitrogens with zero attached hydrogens (tertiary/aromatic N) is 1. The zero-order valence-corrected chi connectivity index (χ0v) is 18.6. The molecule has 0 saturated carbocycles. The third kappa shape index (κ3) is 5.37. The Balaban J connectivity index is 2.01. The van der Waals surface area contributed by atoms with Gasteiger partial charge in [0.2, 0.25) is 0 Å². The fourth-order valence-electron chi connectivity index (χ4n) is 3.03. The monoisotopic (exact) mass is 457 g/mol. The van der Waals surface area contributed by atoms with Crippen LogP contribution in [-0.4, -0.2) is 25.6 Å². The molecule has 3 aromatic carbocycles. The molecule has 3 rings (SSSR count). The Morgan fingerprint density at radius 2 is 1.55 bits per heavy atom. The molecule has 0 atom stereocenters. The van der Waals surface area contributed by atoms with Crippen LogP contribution < -0.4 is 9.64 Å². The average molecular weight is 458 g/mol. The van der Waals surface area contributed by atoms with Gasteiger partial charge in [0, 0.05) is 26.9 Å². The Morgan fingerprint density at radius 3 is 2.16 bits per heavy atom. The van der Waals surface area contributed by atoms with Gasteiger partial charge in [0.1, 0.15) is 5.75 Å². The lowest BCUT2D eigenvalue weighted by molar-refractivity contribution is 0.0526. The van der Waals surface area contributed by atoms with Crippen molar-refractivity contribution in [3.63, 3.8) is 0 Å². The molecule has 0 heterocycles. The second-order valence-electron chi connectivity index (χ2n) is 6.59. The first-order chi connectivity index (χ1) is 14.9. The highest BCUT2D eigenvalue weighted by Gasteiger charge is 2.21. The number of carbonyl (C=O) groups excluding carboxylic acids is 2. The molecule has 0 bridgehead atoms. The van der Waals surface area contributed by atoms with Gasteiger partial charge in [-0.2, -0.15) is 0 Å². The van der Waals surface area contributed by atoms with E-state index in [2.05, 4.69) is 0 Å². The van der Waals surface area contributed by atoms with Crippen LogP contribution in [0.25, 0.3) is 0 Å². The predicted molar refractivity (Wildman–Crippen MR) is 122 cm³/mol. The molecule has 0 spiro atoms. The van der Waals surface area contributed by atoms with Gasteiger partial charge in [-0.1, -0.05) is 35.3 Å². The summed E-state index contributed by atoms with van der Waals surface area (Å²) in [6.45, 7) is 2.17. The highest BCUT2D eigenvalue weighted by Crippen LogP contribution is 2.29. The molecule has 0 radical (unpaired) electrons. The summed E-state index contributed by atoms with van der Waals surface area (Å²) in [6, 6.07) is 18.7. The highest BCUT2D eigenvalue weighted by atomic mass is 35.5. The largest absolute Gasteiger partial charge is 0.497 e. The van der Waals surface area contributed by atoms with Crippen LogP contribution in [0.2, 0.25) is 10.0 Å². The van der Waals surface area contributed by atoms with Gasteiger partial charge in [0.05, 0.1) is 25.8 Å². The lowest BCUT2D eigenvalue weighted by Crippen LogP contribution is -2.30. The van der Waals surface area contributed by atoms with Crippen molar-refractivity contribution in [1.82, 2.24) is 0 Å². The van der Waals surface area contributed by atoms with Gasteiger partial charge in [0.25, 0.3) is 5.91 Å². The first-order valence-corrected chi connectivity index (χ1v) is 10.4. The van der Waals surface area contributed by atoms with E-state index in [9.17, 15) is 9.59 Å². The molecule has 5 nitrogen and oxygen atoms in total. The minimum Gasteiger partial charge on any atom is -0.497 e. The summed E-state index contributed by atoms with van der Waals surface area (Å²) in [6.07, 6.45) is 0. The Kier molecular flexibility index (Phi) is 7.55. The summed E-state index contributed by atoms with van der Waals surface area (Å²) in [5.41, 5.74) is 2.04. The standard InChI is InChI=1S/C24H21Cl2NO4/c1-3-31-24(29)16-10-12-18(13-11-16)27(15-20-21(25)8-5-9-22(20)26)23(28)17-6-4-7-19(14-17)30-2/h4-14H,3,15H2,1-2H3. The number of carbonyl (C=O) groups is 2. The molecule has 0 saturated heterocycles. The number of hydrogen-bond acceptors (Lipinski definition) is 4. The van der Waals surface area contributed by atoms with Crippen LogP contribution in [0.5, 0.6) is 5.75 Å². The van der Waals surface area contributed by atoms with Crippen molar-refractivity contribution in [3.05, 3.63) is 93.5 Å². The second-order valence-corrected chi connectivity index (χ2v) is 7.41. The fourth-order valence-corrected chi connectivity index (χ4v) is 3.54. The van der Waals surface area contributed by atoms with Crippen LogP contribution in [0.1, 0.15) is 33.2 Å². The molecule has 0 aliphatic rings. The highest BCUT2D eigenvalue weighted by molar-refractivity contribution is 6.36. The molecule has 0 unspecified atom stereocenters. The minimum absolute atomic E-state index is 0.146. The van der Waals surface area contributed by atoms with Crippen LogP contribution in [0, 0.1) is 0 Å². The minimum atomic E-state index is -0.422. The molecular formula is C24H21Cl2NO4. The normalized spacial score (nSPS) is 10.5. The van der Waals surface area contributed by atoms with Gasteiger partial charge in [-0.25, -0.2) is 4.79 Å². The van der Waals surface area contributed by atoms with Crippen molar-refractivity contribution >= 4 is 40.8 Å². The number of halogens is 2. The summed E-state index contributed by atoms with van der Waals surface area (Å²) >= 11 is 12.7. The van der Waals surface area contributed by atoms with E-state index in [1.54, 1.807) is 85.7 Å². The molecule has 0 N–H and O–H groups in total. The van der Waals surface area contributed by atoms with Crippen LogP contribution in [0.15, 0.2) is 66.7 Å². The van der Waals surface area contributed by atoms with Gasteiger partial charge >= 0.3 is 5.97 Å². The SMILES string of the molecule is CCOC(=O)c1ccc(N(Cc2c(Cl)cccc2Cl)C(=O)c2cccc(OC)c2)cc1. The van der Waals surface area contributed by atoms with Crippen molar-refractivity contribution in [3.8, 4) is 5.75 Å². The molecule has 1 amide bonds. The molecule has 3 aromatic rings. The lowest BCUT2D eigenvalue weighted by Gasteiger charge is -2.24. The summed E-state index contributed by atoms with van der Waals surface area (Å²) in [4.78, 5) is 27.0. The molecule has 0 aromatic heterocycles. The number of rotatable bonds is 7. The van der Waals surface area contributed by atoms with E-state index < -0.39 is 5.97 Å². The van der Waals surface area contributed by atoms with E-state index in [0.29, 0.717) is 38.2 Å². The van der Waals surface area contributed by atoms with Crippen molar-refractivity contribution in [2.24, 2.45) is 0 Å². The van der Waals surface area contributed by atoms with Gasteiger partial charge in [-0.3, -0.25) is 4.79 Å². The van der Waals surface area contributed by atoms with Gasteiger partial charge in [-0.05, 0) is 61.5 Å². The quantitative estimate of drug-likeness (QED) is 0.406. The molecular weight excluding hydrogens is 437 g/mol. The third-order valence-electron chi connectivity index (χ3n) is 4.63. The number of amides is 1. The Bertz CT molecular complexity index is 1060. The molecule has 0 fully saturated rings. The second kappa shape index (κ2) is 10.3. The van der Waals surface area contributed by atoms with Gasteiger partial charge < -0.3 is 14.4 Å². The first kappa shape index (κ1) is 22.7. The van der Waals surface area contributed by atoms with Gasteiger partial charge in [0.15, 0.2) is 0 Å². The Labute approximate surface area is 191 Å². The number of benzene rings is 3. The van der Waals surface area contributed by atoms with Crippen LogP contribution in [0.4, 0.5) is 5.69 Å². The lowest BCUT2D eigenvalue weighted by atomic mass is 10.1. The van der Waals surface area contributed by atoms with Crippen molar-refractivity contribution in [1.29, 1.82) is 0 Å². The Morgan fingerprint density at radius 1 is 0.903 bits per heavy atom. The zero-order valence-electron chi connectivity index (χ0n) is 17.1. The molecule has 7 heteroatoms. The van der Waals surface area contributed by atoms with Gasteiger partial charge in [-0.15, -0.1) is 0 Å². The van der Waals surface area contributed by atoms with E-state index >= 15 is 0 Å². The number of esters is 1. The van der Waals surface area contributed by atoms with E-state index in [4.69, 9.17) is 32.7 Å². The molecule has 0 aliphatic carbocycles. The summed E-state index contributed by atoms with van der Waals surface area (Å²) in [5.74, 6) is -0.119. The fraction of sp³-hybridized carbons (Fsp3) is 0.167. The van der Waals surface area contributed by atoms with E-state index in [1.807, 2.05) is 0 Å². The van der Waals surface area contributed by atoms with E-state index in [-0.39, 0.29) is 19.1 Å². The predicted octanol–water partition coefficient (Wildman–Crippen LogP) is 6.03. The van der Waals surface area contributed by atoms with E-state index in [0.717, 1.165) is 0 Å². The van der Waals surface area contributed by atoms with E-state index in [1.165, 1.54) is 0 Å². The van der Waals surface area contributed by atoms with Crippen molar-refractivity contribution < 1.29 is 19.1 Å². The summed E-state index contributed by atoms with van der Waals surface area (Å²) < 4.78 is 10.3. The average Bonchev–Trinajstić information content (AvgIpc) is 2.79. The topological polar surface area (TPSA) is 55.8 Å². The van der Waals surface area contributed by atoms with Crippen molar-refractivity contribution in [2.75, 3.05) is 18.6 Å². The third-order valence-corrected chi connectivity index (χ3v) is 5.34. The molecule has 0 aliphatic heterocycles. The van der Waals surface area contributed by atoms with Crippen LogP contribution in [-0.2, 0) is 11.3 Å². The Hall–Kier alpha value is -3.02. The first-order valence-electron chi connectivity index (χ1n) is 9.60. The molecule has 31 heavy (non-hydrogen) atoms. The summed E-state index contributed by atoms with van der Waals surface area (Å²) in [5, 5.41) is 0.915. The number of anilines is 1. The number of hydrogen-bond donors (Lipinski definition) is 0. The number of methoxy groups -OCH3 is 1. The van der Waals surface area contributed by atoms with Crippen molar-refractivity contribution in [2.45, 2.75) is 13.5 Å².